The normalized spacial score (nSPS) is 12.2. The van der Waals surface area contributed by atoms with Crippen molar-refractivity contribution in [1.29, 1.82) is 0 Å². The van der Waals surface area contributed by atoms with Crippen molar-refractivity contribution in [3.05, 3.63) is 35.5 Å². The van der Waals surface area contributed by atoms with Gasteiger partial charge in [0.15, 0.2) is 0 Å². The highest BCUT2D eigenvalue weighted by Crippen LogP contribution is 2.39. The molecule has 4 N–H and O–H groups in total. The third-order valence-corrected chi connectivity index (χ3v) is 3.19. The van der Waals surface area contributed by atoms with Crippen LogP contribution in [-0.2, 0) is 6.18 Å². The number of nitrogen functional groups attached to an aromatic ring is 1. The smallest absolute Gasteiger partial charge is 0.382 e. The standard InChI is InChI=1S/C13H11F3N4/c1-6-11(9-5-10(17)20-19-9)7-3-2-4-8(12(7)18-6)13(14,15)16/h2-5,18H,1H3,(H3,17,19,20). The van der Waals surface area contributed by atoms with Crippen molar-refractivity contribution < 1.29 is 13.2 Å². The van der Waals surface area contributed by atoms with E-state index in [1.807, 2.05) is 0 Å². The van der Waals surface area contributed by atoms with Gasteiger partial charge in [-0.1, -0.05) is 12.1 Å². The van der Waals surface area contributed by atoms with Gasteiger partial charge in [-0.05, 0) is 13.0 Å². The lowest BCUT2D eigenvalue weighted by molar-refractivity contribution is -0.136. The van der Waals surface area contributed by atoms with Crippen molar-refractivity contribution in [3.63, 3.8) is 0 Å². The van der Waals surface area contributed by atoms with Crippen LogP contribution in [0.15, 0.2) is 24.3 Å². The number of rotatable bonds is 1. The van der Waals surface area contributed by atoms with Crippen molar-refractivity contribution in [3.8, 4) is 11.3 Å². The van der Waals surface area contributed by atoms with Gasteiger partial charge in [-0.15, -0.1) is 0 Å². The number of hydrogen-bond acceptors (Lipinski definition) is 2. The summed E-state index contributed by atoms with van der Waals surface area (Å²) in [5.41, 5.74) is 6.79. The summed E-state index contributed by atoms with van der Waals surface area (Å²) in [6.07, 6.45) is -4.40. The van der Waals surface area contributed by atoms with Gasteiger partial charge in [-0.3, -0.25) is 5.10 Å². The highest BCUT2D eigenvalue weighted by molar-refractivity contribution is 5.98. The molecule has 0 radical (unpaired) electrons. The number of benzene rings is 1. The molecule has 0 amide bonds. The van der Waals surface area contributed by atoms with Crippen LogP contribution in [0.1, 0.15) is 11.3 Å². The molecule has 0 unspecified atom stereocenters. The van der Waals surface area contributed by atoms with E-state index >= 15 is 0 Å². The van der Waals surface area contributed by atoms with E-state index in [2.05, 4.69) is 15.2 Å². The number of anilines is 1. The first-order valence-electron chi connectivity index (χ1n) is 5.87. The van der Waals surface area contributed by atoms with Crippen molar-refractivity contribution >= 4 is 16.7 Å². The molecule has 0 aliphatic carbocycles. The lowest BCUT2D eigenvalue weighted by Crippen LogP contribution is -2.05. The molecule has 1 aromatic carbocycles. The second-order valence-electron chi connectivity index (χ2n) is 4.56. The summed E-state index contributed by atoms with van der Waals surface area (Å²) in [7, 11) is 0. The Hall–Kier alpha value is -2.44. The molecule has 0 saturated heterocycles. The zero-order valence-electron chi connectivity index (χ0n) is 10.5. The molecule has 20 heavy (non-hydrogen) atoms. The number of nitrogens with one attached hydrogen (secondary N) is 2. The topological polar surface area (TPSA) is 70.5 Å². The molecule has 104 valence electrons. The predicted octanol–water partition coefficient (Wildman–Crippen LogP) is 3.47. The number of alkyl halides is 3. The minimum absolute atomic E-state index is 0.0701. The molecule has 4 nitrogen and oxygen atoms in total. The molecular formula is C13H11F3N4. The van der Waals surface area contributed by atoms with Crippen molar-refractivity contribution in [2.45, 2.75) is 13.1 Å². The van der Waals surface area contributed by atoms with Gasteiger partial charge in [0.1, 0.15) is 5.82 Å². The Morgan fingerprint density at radius 1 is 1.25 bits per heavy atom. The maximum Gasteiger partial charge on any atom is 0.418 e. The van der Waals surface area contributed by atoms with Crippen LogP contribution >= 0.6 is 0 Å². The Balaban J connectivity index is 2.33. The van der Waals surface area contributed by atoms with Crippen LogP contribution in [0.2, 0.25) is 0 Å². The number of aromatic nitrogens is 3. The summed E-state index contributed by atoms with van der Waals surface area (Å²) in [4.78, 5) is 2.80. The number of H-pyrrole nitrogens is 2. The Morgan fingerprint density at radius 2 is 2.00 bits per heavy atom. The van der Waals surface area contributed by atoms with E-state index in [9.17, 15) is 13.2 Å². The van der Waals surface area contributed by atoms with E-state index in [1.165, 1.54) is 6.07 Å². The summed E-state index contributed by atoms with van der Waals surface area (Å²) in [6, 6.07) is 5.68. The summed E-state index contributed by atoms with van der Waals surface area (Å²) < 4.78 is 39.0. The average Bonchev–Trinajstić information content (AvgIpc) is 2.89. The number of para-hydroxylation sites is 1. The number of hydrogen-bond donors (Lipinski definition) is 3. The molecule has 3 aromatic rings. The minimum atomic E-state index is -4.40. The summed E-state index contributed by atoms with van der Waals surface area (Å²) in [5, 5.41) is 7.02. The Labute approximate surface area is 111 Å². The summed E-state index contributed by atoms with van der Waals surface area (Å²) >= 11 is 0. The van der Waals surface area contributed by atoms with Crippen LogP contribution in [0.4, 0.5) is 19.0 Å². The Morgan fingerprint density at radius 3 is 2.60 bits per heavy atom. The third-order valence-electron chi connectivity index (χ3n) is 3.19. The fourth-order valence-electron chi connectivity index (χ4n) is 2.40. The second-order valence-corrected chi connectivity index (χ2v) is 4.56. The molecular weight excluding hydrogens is 269 g/mol. The molecule has 0 spiro atoms. The van der Waals surface area contributed by atoms with Gasteiger partial charge in [-0.25, -0.2) is 0 Å². The van der Waals surface area contributed by atoms with Crippen LogP contribution < -0.4 is 5.73 Å². The molecule has 0 aliphatic heterocycles. The highest BCUT2D eigenvalue weighted by atomic mass is 19.4. The van der Waals surface area contributed by atoms with Gasteiger partial charge in [0.05, 0.1) is 16.8 Å². The first-order chi connectivity index (χ1) is 9.38. The van der Waals surface area contributed by atoms with Crippen LogP contribution in [0.25, 0.3) is 22.2 Å². The first-order valence-corrected chi connectivity index (χ1v) is 5.87. The van der Waals surface area contributed by atoms with Crippen LogP contribution in [0.5, 0.6) is 0 Å². The van der Waals surface area contributed by atoms with Crippen LogP contribution in [0.3, 0.4) is 0 Å². The SMILES string of the molecule is Cc1[nH]c2c(C(F)(F)F)cccc2c1-c1cc(N)n[nH]1. The van der Waals surface area contributed by atoms with Gasteiger partial charge in [0.2, 0.25) is 0 Å². The number of nitrogens with zero attached hydrogens (tertiary/aromatic N) is 1. The highest BCUT2D eigenvalue weighted by Gasteiger charge is 2.33. The van der Waals surface area contributed by atoms with Crippen molar-refractivity contribution in [2.24, 2.45) is 0 Å². The summed E-state index contributed by atoms with van der Waals surface area (Å²) in [6.45, 7) is 1.71. The number of fused-ring (bicyclic) bond motifs is 1. The second kappa shape index (κ2) is 4.03. The van der Waals surface area contributed by atoms with E-state index in [1.54, 1.807) is 19.1 Å². The van der Waals surface area contributed by atoms with E-state index in [4.69, 9.17) is 5.73 Å². The van der Waals surface area contributed by atoms with Gasteiger partial charge < -0.3 is 10.7 Å². The van der Waals surface area contributed by atoms with Gasteiger partial charge in [0, 0.05) is 22.7 Å². The first kappa shape index (κ1) is 12.6. The van der Waals surface area contributed by atoms with E-state index < -0.39 is 11.7 Å². The Kier molecular flexibility index (Phi) is 2.53. The number of aromatic amines is 2. The molecule has 0 atom stereocenters. The van der Waals surface area contributed by atoms with Crippen molar-refractivity contribution in [1.82, 2.24) is 15.2 Å². The van der Waals surface area contributed by atoms with Crippen LogP contribution in [-0.4, -0.2) is 15.2 Å². The largest absolute Gasteiger partial charge is 0.418 e. The third kappa shape index (κ3) is 1.82. The summed E-state index contributed by atoms with van der Waals surface area (Å²) in [5.74, 6) is 0.292. The molecule has 0 saturated carbocycles. The van der Waals surface area contributed by atoms with Crippen LogP contribution in [0, 0.1) is 6.92 Å². The fourth-order valence-corrected chi connectivity index (χ4v) is 2.40. The number of aryl methyl sites for hydroxylation is 1. The molecule has 2 aromatic heterocycles. The molecule has 2 heterocycles. The lowest BCUT2D eigenvalue weighted by atomic mass is 10.1. The van der Waals surface area contributed by atoms with E-state index in [0.717, 1.165) is 6.07 Å². The molecule has 0 aliphatic rings. The zero-order chi connectivity index (χ0) is 14.5. The van der Waals surface area contributed by atoms with Gasteiger partial charge in [-0.2, -0.15) is 18.3 Å². The maximum atomic E-state index is 13.0. The van der Waals surface area contributed by atoms with Gasteiger partial charge in [0.25, 0.3) is 0 Å². The monoisotopic (exact) mass is 280 g/mol. The number of nitrogens with two attached hydrogens (primary N) is 1. The molecule has 0 fully saturated rings. The molecule has 3 rings (SSSR count). The minimum Gasteiger partial charge on any atom is -0.382 e. The predicted molar refractivity (Wildman–Crippen MR) is 70.0 cm³/mol. The zero-order valence-corrected chi connectivity index (χ0v) is 10.5. The van der Waals surface area contributed by atoms with Gasteiger partial charge >= 0.3 is 6.18 Å². The maximum absolute atomic E-state index is 13.0. The quantitative estimate of drug-likeness (QED) is 0.638. The lowest BCUT2D eigenvalue weighted by Gasteiger charge is -2.07. The number of halogens is 3. The van der Waals surface area contributed by atoms with Crippen molar-refractivity contribution in [2.75, 3.05) is 5.73 Å². The van der Waals surface area contributed by atoms with E-state index in [0.29, 0.717) is 28.2 Å². The average molecular weight is 280 g/mol. The molecule has 0 bridgehead atoms. The molecule has 7 heteroatoms. The van der Waals surface area contributed by atoms with E-state index in [-0.39, 0.29) is 5.52 Å². The Bertz CT molecular complexity index is 783. The fraction of sp³-hybridized carbons (Fsp3) is 0.154.